The van der Waals surface area contributed by atoms with Crippen molar-refractivity contribution in [1.29, 1.82) is 0 Å². The van der Waals surface area contributed by atoms with Crippen molar-refractivity contribution in [3.63, 3.8) is 0 Å². The minimum absolute atomic E-state index is 0.240. The Hall–Kier alpha value is -3.32. The Bertz CT molecular complexity index is 1090. The normalized spacial score (nSPS) is 16.3. The van der Waals surface area contributed by atoms with Crippen molar-refractivity contribution in [2.75, 3.05) is 37.4 Å². The molecule has 0 bridgehead atoms. The standard InChI is InChI=1S/C26H26F3N3O/c1-31(2)24-15-16-32(17-24)23-13-11-22(12-14-23)30-25(33)20-5-3-18(4-6-20)19-7-9-21(10-8-19)26(27,28)29/h3-14,24H,15-17H2,1-2H3,(H,30,33). The molecule has 1 aliphatic heterocycles. The number of halogens is 3. The SMILES string of the molecule is CN(C)C1CCN(c2ccc(NC(=O)c3ccc(-c4ccc(C(F)(F)F)cc4)cc3)cc2)C1. The molecule has 1 atom stereocenters. The predicted octanol–water partition coefficient (Wildman–Crippen LogP) is 5.77. The molecule has 3 aromatic rings. The Morgan fingerprint density at radius 3 is 2.00 bits per heavy atom. The lowest BCUT2D eigenvalue weighted by Gasteiger charge is -2.22. The maximum absolute atomic E-state index is 12.7. The second kappa shape index (κ2) is 9.27. The molecule has 0 spiro atoms. The van der Waals surface area contributed by atoms with Crippen LogP contribution in [0.15, 0.2) is 72.8 Å². The summed E-state index contributed by atoms with van der Waals surface area (Å²) in [7, 11) is 4.20. The maximum atomic E-state index is 12.7. The van der Waals surface area contributed by atoms with Gasteiger partial charge in [-0.1, -0.05) is 24.3 Å². The molecule has 1 unspecified atom stereocenters. The summed E-state index contributed by atoms with van der Waals surface area (Å²) >= 11 is 0. The highest BCUT2D eigenvalue weighted by Crippen LogP contribution is 2.31. The lowest BCUT2D eigenvalue weighted by atomic mass is 10.0. The molecule has 33 heavy (non-hydrogen) atoms. The van der Waals surface area contributed by atoms with E-state index in [1.54, 1.807) is 24.3 Å². The van der Waals surface area contributed by atoms with Gasteiger partial charge in [0.25, 0.3) is 5.91 Å². The van der Waals surface area contributed by atoms with Gasteiger partial charge in [-0.05, 0) is 80.2 Å². The fourth-order valence-electron chi connectivity index (χ4n) is 4.02. The van der Waals surface area contributed by atoms with Crippen molar-refractivity contribution in [3.05, 3.63) is 83.9 Å². The van der Waals surface area contributed by atoms with E-state index in [2.05, 4.69) is 29.2 Å². The first-order chi connectivity index (χ1) is 15.7. The zero-order valence-electron chi connectivity index (χ0n) is 18.6. The molecule has 1 fully saturated rings. The molecule has 1 N–H and O–H groups in total. The van der Waals surface area contributed by atoms with Gasteiger partial charge in [-0.15, -0.1) is 0 Å². The molecule has 1 amide bonds. The highest BCUT2D eigenvalue weighted by Gasteiger charge is 2.30. The van der Waals surface area contributed by atoms with Crippen LogP contribution in [0, 0.1) is 0 Å². The number of alkyl halides is 3. The number of benzene rings is 3. The molecule has 7 heteroatoms. The van der Waals surface area contributed by atoms with Gasteiger partial charge in [-0.2, -0.15) is 13.2 Å². The first kappa shape index (κ1) is 22.9. The maximum Gasteiger partial charge on any atom is 0.416 e. The van der Waals surface area contributed by atoms with Gasteiger partial charge < -0.3 is 15.1 Å². The van der Waals surface area contributed by atoms with Crippen LogP contribution in [0.1, 0.15) is 22.3 Å². The molecule has 0 radical (unpaired) electrons. The summed E-state index contributed by atoms with van der Waals surface area (Å²) in [5.74, 6) is -0.240. The zero-order valence-corrected chi connectivity index (χ0v) is 18.6. The topological polar surface area (TPSA) is 35.6 Å². The van der Waals surface area contributed by atoms with Gasteiger partial charge in [-0.25, -0.2) is 0 Å². The van der Waals surface area contributed by atoms with Crippen LogP contribution in [-0.2, 0) is 6.18 Å². The van der Waals surface area contributed by atoms with Crippen LogP contribution in [-0.4, -0.2) is 44.0 Å². The van der Waals surface area contributed by atoms with Crippen molar-refractivity contribution < 1.29 is 18.0 Å². The summed E-state index contributed by atoms with van der Waals surface area (Å²) in [6.07, 6.45) is -3.23. The zero-order chi connectivity index (χ0) is 23.6. The molecule has 1 saturated heterocycles. The molecule has 4 rings (SSSR count). The van der Waals surface area contributed by atoms with E-state index < -0.39 is 11.7 Å². The Balaban J connectivity index is 1.38. The highest BCUT2D eigenvalue weighted by atomic mass is 19.4. The second-order valence-corrected chi connectivity index (χ2v) is 8.51. The Kier molecular flexibility index (Phi) is 6.42. The minimum atomic E-state index is -4.36. The average Bonchev–Trinajstić information content (AvgIpc) is 3.30. The quantitative estimate of drug-likeness (QED) is 0.533. The van der Waals surface area contributed by atoms with Gasteiger partial charge in [0.05, 0.1) is 5.56 Å². The number of anilines is 2. The van der Waals surface area contributed by atoms with E-state index in [-0.39, 0.29) is 5.91 Å². The highest BCUT2D eigenvalue weighted by molar-refractivity contribution is 6.04. The number of carbonyl (C=O) groups is 1. The minimum Gasteiger partial charge on any atom is -0.370 e. The van der Waals surface area contributed by atoms with E-state index in [1.165, 1.54) is 12.1 Å². The van der Waals surface area contributed by atoms with E-state index in [9.17, 15) is 18.0 Å². The van der Waals surface area contributed by atoms with Crippen LogP contribution in [0.3, 0.4) is 0 Å². The van der Waals surface area contributed by atoms with E-state index in [0.29, 0.717) is 22.9 Å². The summed E-state index contributed by atoms with van der Waals surface area (Å²) in [6, 6.07) is 20.2. The number of rotatable bonds is 5. The molecule has 1 heterocycles. The Morgan fingerprint density at radius 2 is 1.48 bits per heavy atom. The molecule has 172 valence electrons. The smallest absolute Gasteiger partial charge is 0.370 e. The molecular formula is C26H26F3N3O. The first-order valence-corrected chi connectivity index (χ1v) is 10.8. The molecule has 0 aliphatic carbocycles. The lowest BCUT2D eigenvalue weighted by Crippen LogP contribution is -2.31. The van der Waals surface area contributed by atoms with Gasteiger partial charge in [0.15, 0.2) is 0 Å². The first-order valence-electron chi connectivity index (χ1n) is 10.8. The summed E-state index contributed by atoms with van der Waals surface area (Å²) in [5, 5.41) is 2.90. The number of nitrogens with zero attached hydrogens (tertiary/aromatic N) is 2. The van der Waals surface area contributed by atoms with Crippen LogP contribution >= 0.6 is 0 Å². The average molecular weight is 454 g/mol. The van der Waals surface area contributed by atoms with Crippen LogP contribution in [0.25, 0.3) is 11.1 Å². The van der Waals surface area contributed by atoms with Crippen molar-refractivity contribution in [2.45, 2.75) is 18.6 Å². The van der Waals surface area contributed by atoms with E-state index >= 15 is 0 Å². The van der Waals surface area contributed by atoms with Crippen LogP contribution in [0.2, 0.25) is 0 Å². The number of nitrogens with one attached hydrogen (secondary N) is 1. The molecular weight excluding hydrogens is 427 g/mol. The summed E-state index contributed by atoms with van der Waals surface area (Å²) in [6.45, 7) is 2.00. The van der Waals surface area contributed by atoms with Gasteiger partial charge in [0.1, 0.15) is 0 Å². The third-order valence-electron chi connectivity index (χ3n) is 6.08. The summed E-state index contributed by atoms with van der Waals surface area (Å²) in [5.41, 5.74) is 3.03. The van der Waals surface area contributed by atoms with Crippen LogP contribution in [0.5, 0.6) is 0 Å². The number of hydrogen-bond acceptors (Lipinski definition) is 3. The van der Waals surface area contributed by atoms with Crippen molar-refractivity contribution in [1.82, 2.24) is 4.90 Å². The van der Waals surface area contributed by atoms with Crippen LogP contribution < -0.4 is 10.2 Å². The van der Waals surface area contributed by atoms with E-state index in [1.807, 2.05) is 24.3 Å². The summed E-state index contributed by atoms with van der Waals surface area (Å²) in [4.78, 5) is 17.2. The summed E-state index contributed by atoms with van der Waals surface area (Å²) < 4.78 is 38.2. The Morgan fingerprint density at radius 1 is 0.909 bits per heavy atom. The molecule has 1 aliphatic rings. The van der Waals surface area contributed by atoms with Gasteiger partial charge >= 0.3 is 6.18 Å². The fraction of sp³-hybridized carbons (Fsp3) is 0.269. The number of likely N-dealkylation sites (N-methyl/N-ethyl adjacent to an activating group) is 1. The van der Waals surface area contributed by atoms with Crippen molar-refractivity contribution >= 4 is 17.3 Å². The van der Waals surface area contributed by atoms with Crippen molar-refractivity contribution in [3.8, 4) is 11.1 Å². The van der Waals surface area contributed by atoms with E-state index in [0.717, 1.165) is 42.9 Å². The third-order valence-corrected chi connectivity index (χ3v) is 6.08. The molecule has 4 nitrogen and oxygen atoms in total. The fourth-order valence-corrected chi connectivity index (χ4v) is 4.02. The number of hydrogen-bond donors (Lipinski definition) is 1. The predicted molar refractivity (Wildman–Crippen MR) is 126 cm³/mol. The largest absolute Gasteiger partial charge is 0.416 e. The van der Waals surface area contributed by atoms with Gasteiger partial charge in [-0.3, -0.25) is 4.79 Å². The van der Waals surface area contributed by atoms with Crippen molar-refractivity contribution in [2.24, 2.45) is 0 Å². The number of amides is 1. The third kappa shape index (κ3) is 5.37. The molecule has 0 saturated carbocycles. The van der Waals surface area contributed by atoms with E-state index in [4.69, 9.17) is 0 Å². The van der Waals surface area contributed by atoms with Gasteiger partial charge in [0, 0.05) is 36.1 Å². The molecule has 3 aromatic carbocycles. The molecule has 0 aromatic heterocycles. The lowest BCUT2D eigenvalue weighted by molar-refractivity contribution is -0.137. The van der Waals surface area contributed by atoms with Gasteiger partial charge in [0.2, 0.25) is 0 Å². The van der Waals surface area contributed by atoms with Crippen LogP contribution in [0.4, 0.5) is 24.5 Å². The Labute approximate surface area is 191 Å². The second-order valence-electron chi connectivity index (χ2n) is 8.51. The number of carbonyl (C=O) groups excluding carboxylic acids is 1. The monoisotopic (exact) mass is 453 g/mol.